The highest BCUT2D eigenvalue weighted by molar-refractivity contribution is 6.47. The van der Waals surface area contributed by atoms with Crippen LogP contribution in [0.1, 0.15) is 10.4 Å². The molecule has 0 aromatic heterocycles. The average molecular weight is 212 g/mol. The van der Waals surface area contributed by atoms with Crippen LogP contribution in [0.15, 0.2) is 18.2 Å². The zero-order valence-corrected chi connectivity index (χ0v) is 7.95. The molecule has 0 saturated carbocycles. The van der Waals surface area contributed by atoms with E-state index < -0.39 is 0 Å². The topological polar surface area (TPSA) is 66.3 Å². The lowest BCUT2D eigenvalue weighted by atomic mass is 10.1. The number of ketones is 1. The maximum Gasteiger partial charge on any atom is 0.296 e. The van der Waals surface area contributed by atoms with Gasteiger partial charge in [0, 0.05) is 15.8 Å². The minimum absolute atomic E-state index is 0.00162. The van der Waals surface area contributed by atoms with Gasteiger partial charge in [-0.25, -0.2) is 0 Å². The molecule has 1 aliphatic heterocycles. The molecule has 0 radical (unpaired) electrons. The van der Waals surface area contributed by atoms with Gasteiger partial charge in [-0.15, -0.1) is 0 Å². The van der Waals surface area contributed by atoms with Crippen molar-refractivity contribution in [2.24, 2.45) is 5.73 Å². The van der Waals surface area contributed by atoms with Crippen LogP contribution >= 0.6 is 11.6 Å². The standard InChI is InChI=1S/C9H8ClN2O2/c10-5-1-2-7-6(3-5)9(13)8(4-11)12(7)14/h1-3,14H,4,11H2/q+1. The van der Waals surface area contributed by atoms with Gasteiger partial charge in [0.25, 0.3) is 17.2 Å². The fourth-order valence-corrected chi connectivity index (χ4v) is 1.62. The molecule has 0 saturated heterocycles. The molecule has 3 N–H and O–H groups in total. The third kappa shape index (κ3) is 1.12. The Morgan fingerprint density at radius 2 is 2.21 bits per heavy atom. The van der Waals surface area contributed by atoms with Gasteiger partial charge in [0.15, 0.2) is 0 Å². The summed E-state index contributed by atoms with van der Waals surface area (Å²) in [4.78, 5) is 11.6. The van der Waals surface area contributed by atoms with Gasteiger partial charge in [0.2, 0.25) is 0 Å². The van der Waals surface area contributed by atoms with Crippen molar-refractivity contribution >= 4 is 28.8 Å². The second-order valence-electron chi connectivity index (χ2n) is 2.95. The molecular formula is C9H8ClN2O2+. The molecule has 5 heteroatoms. The number of fused-ring (bicyclic) bond motifs is 1. The second-order valence-corrected chi connectivity index (χ2v) is 3.39. The van der Waals surface area contributed by atoms with Gasteiger partial charge >= 0.3 is 0 Å². The number of Topliss-reactive ketones (excluding diaryl/α,β-unsaturated/α-hetero) is 1. The largest absolute Gasteiger partial charge is 0.321 e. The van der Waals surface area contributed by atoms with E-state index in [0.29, 0.717) is 16.3 Å². The summed E-state index contributed by atoms with van der Waals surface area (Å²) < 4.78 is 0.813. The monoisotopic (exact) mass is 211 g/mol. The maximum atomic E-state index is 11.6. The van der Waals surface area contributed by atoms with Gasteiger partial charge in [-0.2, -0.15) is 0 Å². The summed E-state index contributed by atoms with van der Waals surface area (Å²) in [5, 5.41) is 10.0. The first-order valence-electron chi connectivity index (χ1n) is 4.04. The smallest absolute Gasteiger partial charge is 0.296 e. The van der Waals surface area contributed by atoms with Crippen LogP contribution in [0.25, 0.3) is 0 Å². The summed E-state index contributed by atoms with van der Waals surface area (Å²) in [7, 11) is 0. The summed E-state index contributed by atoms with van der Waals surface area (Å²) in [6.07, 6.45) is 0. The fraction of sp³-hybridized carbons (Fsp3) is 0.111. The zero-order chi connectivity index (χ0) is 10.3. The van der Waals surface area contributed by atoms with Crippen molar-refractivity contribution in [2.75, 3.05) is 6.54 Å². The molecular weight excluding hydrogens is 204 g/mol. The summed E-state index contributed by atoms with van der Waals surface area (Å²) in [5.74, 6) is -0.271. The predicted molar refractivity (Wildman–Crippen MR) is 51.6 cm³/mol. The predicted octanol–water partition coefficient (Wildman–Crippen LogP) is 0.969. The Morgan fingerprint density at radius 1 is 1.50 bits per heavy atom. The molecule has 14 heavy (non-hydrogen) atoms. The van der Waals surface area contributed by atoms with Gasteiger partial charge in [-0.05, 0) is 12.1 Å². The fourth-order valence-electron chi connectivity index (χ4n) is 1.45. The first-order chi connectivity index (χ1) is 6.65. The number of nitrogens with two attached hydrogens (primary N) is 1. The Bertz CT molecular complexity index is 454. The van der Waals surface area contributed by atoms with Crippen molar-refractivity contribution in [3.63, 3.8) is 0 Å². The van der Waals surface area contributed by atoms with E-state index in [1.807, 2.05) is 0 Å². The Kier molecular flexibility index (Phi) is 2.02. The lowest BCUT2D eigenvalue weighted by Crippen LogP contribution is -2.25. The number of nitrogens with zero attached hydrogens (tertiary/aromatic N) is 1. The van der Waals surface area contributed by atoms with Crippen molar-refractivity contribution in [1.82, 2.24) is 0 Å². The van der Waals surface area contributed by atoms with Gasteiger partial charge in [0.1, 0.15) is 5.56 Å². The van der Waals surface area contributed by atoms with E-state index in [1.165, 1.54) is 6.07 Å². The molecule has 4 nitrogen and oxygen atoms in total. The quantitative estimate of drug-likeness (QED) is 0.537. The van der Waals surface area contributed by atoms with Gasteiger partial charge in [-0.1, -0.05) is 11.6 Å². The highest BCUT2D eigenvalue weighted by Gasteiger charge is 2.38. The van der Waals surface area contributed by atoms with Crippen molar-refractivity contribution in [2.45, 2.75) is 0 Å². The molecule has 1 heterocycles. The van der Waals surface area contributed by atoms with Gasteiger partial charge in [-0.3, -0.25) is 10.0 Å². The van der Waals surface area contributed by atoms with E-state index in [0.717, 1.165) is 4.74 Å². The van der Waals surface area contributed by atoms with E-state index in [-0.39, 0.29) is 18.0 Å². The SMILES string of the molecule is NCC1=[N+](O)c2ccc(Cl)cc2C1=O. The molecule has 72 valence electrons. The number of hydrogen-bond acceptors (Lipinski definition) is 3. The minimum atomic E-state index is -0.271. The summed E-state index contributed by atoms with van der Waals surface area (Å²) in [6, 6.07) is 4.71. The van der Waals surface area contributed by atoms with Crippen molar-refractivity contribution in [3.8, 4) is 0 Å². The van der Waals surface area contributed by atoms with Crippen LogP contribution in [0.4, 0.5) is 5.69 Å². The summed E-state index contributed by atoms with van der Waals surface area (Å²) >= 11 is 5.73. The van der Waals surface area contributed by atoms with Crippen LogP contribution in [0.3, 0.4) is 0 Å². The average Bonchev–Trinajstić information content (AvgIpc) is 2.39. The summed E-state index contributed by atoms with van der Waals surface area (Å²) in [5.41, 5.74) is 6.33. The number of carbonyl (C=O) groups excluding carboxylic acids is 1. The molecule has 1 aliphatic rings. The Morgan fingerprint density at radius 3 is 2.86 bits per heavy atom. The van der Waals surface area contributed by atoms with Crippen LogP contribution in [0, 0.1) is 0 Å². The van der Waals surface area contributed by atoms with E-state index >= 15 is 0 Å². The van der Waals surface area contributed by atoms with E-state index in [4.69, 9.17) is 17.3 Å². The molecule has 0 fully saturated rings. The van der Waals surface area contributed by atoms with Crippen LogP contribution in [0.2, 0.25) is 5.02 Å². The normalized spacial score (nSPS) is 14.9. The number of benzene rings is 1. The lowest BCUT2D eigenvalue weighted by molar-refractivity contribution is -0.710. The van der Waals surface area contributed by atoms with E-state index in [1.54, 1.807) is 12.1 Å². The van der Waals surface area contributed by atoms with Crippen LogP contribution < -0.4 is 5.73 Å². The molecule has 0 amide bonds. The maximum absolute atomic E-state index is 11.6. The number of halogens is 1. The highest BCUT2D eigenvalue weighted by atomic mass is 35.5. The molecule has 0 aliphatic carbocycles. The first kappa shape index (κ1) is 9.18. The van der Waals surface area contributed by atoms with Crippen molar-refractivity contribution < 1.29 is 14.7 Å². The molecule has 1 aromatic carbocycles. The first-order valence-corrected chi connectivity index (χ1v) is 4.42. The Labute approximate surface area is 85.2 Å². The Hall–Kier alpha value is -1.39. The molecule has 1 aromatic rings. The molecule has 0 atom stereocenters. The lowest BCUT2D eigenvalue weighted by Gasteiger charge is -1.91. The number of rotatable bonds is 1. The second kappa shape index (κ2) is 3.08. The van der Waals surface area contributed by atoms with Crippen molar-refractivity contribution in [3.05, 3.63) is 28.8 Å². The van der Waals surface area contributed by atoms with Crippen molar-refractivity contribution in [1.29, 1.82) is 0 Å². The van der Waals surface area contributed by atoms with Gasteiger partial charge < -0.3 is 5.73 Å². The van der Waals surface area contributed by atoms with Crippen LogP contribution in [0.5, 0.6) is 0 Å². The molecule has 0 spiro atoms. The van der Waals surface area contributed by atoms with Crippen LogP contribution in [-0.4, -0.2) is 28.0 Å². The third-order valence-corrected chi connectivity index (χ3v) is 2.38. The van der Waals surface area contributed by atoms with Gasteiger partial charge in [0.05, 0.1) is 6.54 Å². The third-order valence-electron chi connectivity index (χ3n) is 2.14. The zero-order valence-electron chi connectivity index (χ0n) is 7.20. The van der Waals surface area contributed by atoms with E-state index in [2.05, 4.69) is 0 Å². The van der Waals surface area contributed by atoms with Crippen LogP contribution in [-0.2, 0) is 0 Å². The Balaban J connectivity index is 2.64. The highest BCUT2D eigenvalue weighted by Crippen LogP contribution is 2.27. The number of carbonyl (C=O) groups is 1. The molecule has 2 rings (SSSR count). The molecule has 0 unspecified atom stereocenters. The number of hydrogen-bond donors (Lipinski definition) is 2. The summed E-state index contributed by atoms with van der Waals surface area (Å²) in [6.45, 7) is 0.00162. The molecule has 0 bridgehead atoms. The minimum Gasteiger partial charge on any atom is -0.321 e. The van der Waals surface area contributed by atoms with E-state index in [9.17, 15) is 10.0 Å².